The highest BCUT2D eigenvalue weighted by atomic mass is 16.5. The van der Waals surface area contributed by atoms with Crippen LogP contribution in [0.5, 0.6) is 0 Å². The second kappa shape index (κ2) is 6.58. The third-order valence-electron chi connectivity index (χ3n) is 1.80. The maximum atomic E-state index is 11.4. The van der Waals surface area contributed by atoms with Gasteiger partial charge in [0.25, 0.3) is 0 Å². The zero-order chi connectivity index (χ0) is 13.5. The van der Waals surface area contributed by atoms with Crippen molar-refractivity contribution in [2.75, 3.05) is 11.9 Å². The van der Waals surface area contributed by atoms with E-state index < -0.39 is 6.09 Å². The van der Waals surface area contributed by atoms with Gasteiger partial charge in [0.2, 0.25) is 5.91 Å². The maximum absolute atomic E-state index is 11.4. The van der Waals surface area contributed by atoms with Gasteiger partial charge in [-0.2, -0.15) is 0 Å². The third-order valence-corrected chi connectivity index (χ3v) is 1.80. The lowest BCUT2D eigenvalue weighted by molar-refractivity contribution is -0.122. The molecular weight excluding hydrogens is 238 g/mol. The summed E-state index contributed by atoms with van der Waals surface area (Å²) < 4.78 is 6.02. The summed E-state index contributed by atoms with van der Waals surface area (Å²) in [7, 11) is 0. The van der Waals surface area contributed by atoms with Gasteiger partial charge < -0.3 is 10.1 Å². The summed E-state index contributed by atoms with van der Waals surface area (Å²) in [4.78, 5) is 22.5. The van der Waals surface area contributed by atoms with E-state index in [0.717, 1.165) is 0 Å². The zero-order valence-electron chi connectivity index (χ0n) is 10.6. The number of anilines is 1. The molecule has 1 aromatic heterocycles. The summed E-state index contributed by atoms with van der Waals surface area (Å²) in [6.07, 6.45) is 0.854. The van der Waals surface area contributed by atoms with Crippen molar-refractivity contribution in [1.29, 1.82) is 0 Å². The molecule has 0 saturated heterocycles. The van der Waals surface area contributed by atoms with Gasteiger partial charge in [0.05, 0.1) is 12.8 Å². The van der Waals surface area contributed by atoms with Crippen LogP contribution in [-0.2, 0) is 16.1 Å². The summed E-state index contributed by atoms with van der Waals surface area (Å²) in [5, 5.41) is 12.5. The van der Waals surface area contributed by atoms with Crippen LogP contribution < -0.4 is 10.6 Å². The van der Waals surface area contributed by atoms with Crippen LogP contribution in [0.25, 0.3) is 0 Å². The Morgan fingerprint density at radius 2 is 2.22 bits per heavy atom. The van der Waals surface area contributed by atoms with Crippen LogP contribution in [0.3, 0.4) is 0 Å². The fourth-order valence-corrected chi connectivity index (χ4v) is 1.22. The summed E-state index contributed by atoms with van der Waals surface area (Å²) in [5.74, 6) is 0.0726. The van der Waals surface area contributed by atoms with Gasteiger partial charge in [0.15, 0.2) is 5.82 Å². The molecule has 8 nitrogen and oxygen atoms in total. The predicted octanol–water partition coefficient (Wildman–Crippen LogP) is 0.371. The molecule has 1 rings (SSSR count). The van der Waals surface area contributed by atoms with Gasteiger partial charge in [0.1, 0.15) is 6.54 Å². The largest absolute Gasteiger partial charge is 0.450 e. The number of hydrogen-bond donors (Lipinski definition) is 2. The van der Waals surface area contributed by atoms with Crippen molar-refractivity contribution >= 4 is 17.8 Å². The molecule has 0 unspecified atom stereocenters. The highest BCUT2D eigenvalue weighted by Gasteiger charge is 2.09. The number of amides is 2. The number of rotatable bonds is 5. The molecule has 0 fully saturated rings. The highest BCUT2D eigenvalue weighted by Crippen LogP contribution is 2.00. The molecular formula is C10H17N5O3. The summed E-state index contributed by atoms with van der Waals surface area (Å²) in [6.45, 7) is 5.76. The third kappa shape index (κ3) is 4.81. The molecule has 0 aliphatic rings. The minimum absolute atomic E-state index is 0.0513. The van der Waals surface area contributed by atoms with Crippen molar-refractivity contribution in [3.8, 4) is 0 Å². The number of nitrogens with one attached hydrogen (secondary N) is 2. The molecule has 8 heteroatoms. The Bertz CT molecular complexity index is 415. The first-order valence-electron chi connectivity index (χ1n) is 5.64. The van der Waals surface area contributed by atoms with E-state index >= 15 is 0 Å². The van der Waals surface area contributed by atoms with Gasteiger partial charge in [-0.05, 0) is 20.8 Å². The normalized spacial score (nSPS) is 10.2. The fourth-order valence-electron chi connectivity index (χ4n) is 1.22. The molecule has 1 heterocycles. The van der Waals surface area contributed by atoms with E-state index in [1.807, 2.05) is 13.8 Å². The van der Waals surface area contributed by atoms with Crippen molar-refractivity contribution in [3.63, 3.8) is 0 Å². The molecule has 1 aromatic rings. The van der Waals surface area contributed by atoms with Gasteiger partial charge in [-0.25, -0.2) is 9.48 Å². The van der Waals surface area contributed by atoms with Crippen LogP contribution in [0.4, 0.5) is 10.6 Å². The number of carbonyl (C=O) groups is 2. The van der Waals surface area contributed by atoms with Gasteiger partial charge in [-0.1, -0.05) is 5.21 Å². The lowest BCUT2D eigenvalue weighted by atomic mass is 10.4. The van der Waals surface area contributed by atoms with Crippen molar-refractivity contribution in [2.24, 2.45) is 0 Å². The van der Waals surface area contributed by atoms with E-state index in [2.05, 4.69) is 25.7 Å². The van der Waals surface area contributed by atoms with Gasteiger partial charge in [0, 0.05) is 6.04 Å². The second-order valence-corrected chi connectivity index (χ2v) is 3.87. The highest BCUT2D eigenvalue weighted by molar-refractivity contribution is 5.83. The van der Waals surface area contributed by atoms with Gasteiger partial charge in [-0.3, -0.25) is 10.1 Å². The summed E-state index contributed by atoms with van der Waals surface area (Å²) >= 11 is 0. The minimum Gasteiger partial charge on any atom is -0.450 e. The molecule has 18 heavy (non-hydrogen) atoms. The lowest BCUT2D eigenvalue weighted by Gasteiger charge is -2.07. The average molecular weight is 255 g/mol. The number of aromatic nitrogens is 3. The van der Waals surface area contributed by atoms with E-state index in [-0.39, 0.29) is 30.9 Å². The standard InChI is InChI=1S/C10H17N5O3/c1-4-18-10(17)12-8-5-15(14-13-8)6-9(16)11-7(2)3/h5,7H,4,6H2,1-3H3,(H,11,16)(H,12,17). The number of ether oxygens (including phenoxy) is 1. The molecule has 0 aliphatic heterocycles. The smallest absolute Gasteiger partial charge is 0.412 e. The molecule has 0 bridgehead atoms. The molecule has 0 aliphatic carbocycles. The molecule has 100 valence electrons. The molecule has 0 atom stereocenters. The van der Waals surface area contributed by atoms with Crippen LogP contribution in [0.1, 0.15) is 20.8 Å². The SMILES string of the molecule is CCOC(=O)Nc1cn(CC(=O)NC(C)C)nn1. The lowest BCUT2D eigenvalue weighted by Crippen LogP contribution is -2.33. The summed E-state index contributed by atoms with van der Waals surface area (Å²) in [5.41, 5.74) is 0. The van der Waals surface area contributed by atoms with E-state index in [4.69, 9.17) is 0 Å². The molecule has 0 aromatic carbocycles. The Labute approximate surface area is 105 Å². The molecule has 2 amide bonds. The minimum atomic E-state index is -0.601. The average Bonchev–Trinajstić information content (AvgIpc) is 2.64. The van der Waals surface area contributed by atoms with Crippen molar-refractivity contribution in [3.05, 3.63) is 6.20 Å². The quantitative estimate of drug-likeness (QED) is 0.792. The molecule has 0 spiro atoms. The number of carbonyl (C=O) groups excluding carboxylic acids is 2. The van der Waals surface area contributed by atoms with Crippen molar-refractivity contribution in [2.45, 2.75) is 33.4 Å². The van der Waals surface area contributed by atoms with Crippen LogP contribution in [0.15, 0.2) is 6.20 Å². The van der Waals surface area contributed by atoms with E-state index in [9.17, 15) is 9.59 Å². The number of hydrogen-bond acceptors (Lipinski definition) is 5. The van der Waals surface area contributed by atoms with E-state index in [0.29, 0.717) is 0 Å². The van der Waals surface area contributed by atoms with E-state index in [1.54, 1.807) is 6.92 Å². The van der Waals surface area contributed by atoms with Gasteiger partial charge >= 0.3 is 6.09 Å². The van der Waals surface area contributed by atoms with E-state index in [1.165, 1.54) is 10.9 Å². The first-order valence-corrected chi connectivity index (χ1v) is 5.64. The number of nitrogens with zero attached hydrogens (tertiary/aromatic N) is 3. The van der Waals surface area contributed by atoms with Crippen molar-refractivity contribution in [1.82, 2.24) is 20.3 Å². The second-order valence-electron chi connectivity index (χ2n) is 3.87. The first kappa shape index (κ1) is 13.9. The fraction of sp³-hybridized carbons (Fsp3) is 0.600. The predicted molar refractivity (Wildman–Crippen MR) is 63.9 cm³/mol. The van der Waals surface area contributed by atoms with Crippen LogP contribution in [0.2, 0.25) is 0 Å². The monoisotopic (exact) mass is 255 g/mol. The Morgan fingerprint density at radius 3 is 2.83 bits per heavy atom. The van der Waals surface area contributed by atoms with Crippen LogP contribution in [0, 0.1) is 0 Å². The molecule has 0 radical (unpaired) electrons. The molecule has 2 N–H and O–H groups in total. The Balaban J connectivity index is 2.48. The van der Waals surface area contributed by atoms with Crippen LogP contribution in [-0.4, -0.2) is 39.6 Å². The van der Waals surface area contributed by atoms with Gasteiger partial charge in [-0.15, -0.1) is 5.10 Å². The Kier molecular flexibility index (Phi) is 5.09. The zero-order valence-corrected chi connectivity index (χ0v) is 10.6. The maximum Gasteiger partial charge on any atom is 0.412 e. The van der Waals surface area contributed by atoms with Crippen LogP contribution >= 0.6 is 0 Å². The topological polar surface area (TPSA) is 98.1 Å². The summed E-state index contributed by atoms with van der Waals surface area (Å²) in [6, 6.07) is 0.0677. The Morgan fingerprint density at radius 1 is 1.50 bits per heavy atom. The molecule has 0 saturated carbocycles. The van der Waals surface area contributed by atoms with Crippen molar-refractivity contribution < 1.29 is 14.3 Å². The first-order chi connectivity index (χ1) is 8.51. The Hall–Kier alpha value is -2.12.